The molecule has 0 saturated carbocycles. The maximum absolute atomic E-state index is 13.3. The normalized spacial score (nSPS) is 16.2. The van der Waals surface area contributed by atoms with E-state index in [-0.39, 0.29) is 11.6 Å². The maximum Gasteiger partial charge on any atom is 0.264 e. The quantitative estimate of drug-likeness (QED) is 0.676. The lowest BCUT2D eigenvalue weighted by atomic mass is 10.1. The molecule has 1 amide bonds. The summed E-state index contributed by atoms with van der Waals surface area (Å²) in [5, 5.41) is 11.6. The Kier molecular flexibility index (Phi) is 4.94. The van der Waals surface area contributed by atoms with Gasteiger partial charge in [-0.05, 0) is 36.8 Å². The number of anilines is 1. The molecule has 5 nitrogen and oxygen atoms in total. The van der Waals surface area contributed by atoms with Crippen LogP contribution in [-0.4, -0.2) is 30.8 Å². The maximum atomic E-state index is 13.3. The van der Waals surface area contributed by atoms with E-state index in [9.17, 15) is 18.4 Å². The number of hydrogen-bond donors (Lipinski definition) is 1. The Morgan fingerprint density at radius 3 is 2.65 bits per heavy atom. The molecule has 1 saturated heterocycles. The number of rotatable bonds is 4. The van der Waals surface area contributed by atoms with E-state index in [1.165, 1.54) is 6.07 Å². The smallest absolute Gasteiger partial charge is 0.264 e. The van der Waals surface area contributed by atoms with Gasteiger partial charge in [0.25, 0.3) is 11.7 Å². The fourth-order valence-corrected chi connectivity index (χ4v) is 3.00. The highest BCUT2D eigenvalue weighted by Crippen LogP contribution is 2.25. The molecule has 7 heteroatoms. The predicted octanol–water partition coefficient (Wildman–Crippen LogP) is 2.68. The average Bonchev–Trinajstić information content (AvgIpc) is 3.11. The third-order valence-electron chi connectivity index (χ3n) is 4.30. The summed E-state index contributed by atoms with van der Waals surface area (Å²) in [4.78, 5) is 25.9. The lowest BCUT2D eigenvalue weighted by molar-refractivity contribution is 0.0939. The number of hydrogen-bond acceptors (Lipinski definition) is 4. The fourth-order valence-electron chi connectivity index (χ4n) is 3.00. The van der Waals surface area contributed by atoms with Crippen LogP contribution in [0.1, 0.15) is 27.1 Å². The number of nitrogens with zero attached hydrogens (tertiary/aromatic N) is 2. The van der Waals surface area contributed by atoms with Crippen molar-refractivity contribution in [3.63, 3.8) is 0 Å². The van der Waals surface area contributed by atoms with Gasteiger partial charge in [0.15, 0.2) is 11.6 Å². The summed E-state index contributed by atoms with van der Waals surface area (Å²) in [6, 6.07) is 11.2. The van der Waals surface area contributed by atoms with Crippen molar-refractivity contribution >= 4 is 17.4 Å². The first kappa shape index (κ1) is 17.5. The Morgan fingerprint density at radius 2 is 1.92 bits per heavy atom. The third kappa shape index (κ3) is 3.54. The number of nitrogens with one attached hydrogen (secondary N) is 1. The average molecular weight is 355 g/mol. The number of carbonyl (C=O) groups excluding carboxylic acids is 2. The minimum absolute atomic E-state index is 0.0439. The van der Waals surface area contributed by atoms with Crippen LogP contribution < -0.4 is 10.2 Å². The van der Waals surface area contributed by atoms with Gasteiger partial charge >= 0.3 is 0 Å². The van der Waals surface area contributed by atoms with Crippen molar-refractivity contribution in [2.45, 2.75) is 12.5 Å². The van der Waals surface area contributed by atoms with E-state index >= 15 is 0 Å². The van der Waals surface area contributed by atoms with Crippen molar-refractivity contribution in [1.82, 2.24) is 5.32 Å². The first-order valence-electron chi connectivity index (χ1n) is 8.04. The lowest BCUT2D eigenvalue weighted by Crippen LogP contribution is -2.37. The van der Waals surface area contributed by atoms with E-state index in [0.717, 1.165) is 12.1 Å². The first-order chi connectivity index (χ1) is 12.5. The van der Waals surface area contributed by atoms with Crippen LogP contribution in [0, 0.1) is 23.0 Å². The van der Waals surface area contributed by atoms with Gasteiger partial charge in [0.1, 0.15) is 6.07 Å². The van der Waals surface area contributed by atoms with Gasteiger partial charge in [0, 0.05) is 30.4 Å². The van der Waals surface area contributed by atoms with Crippen molar-refractivity contribution in [3.05, 3.63) is 65.2 Å². The van der Waals surface area contributed by atoms with E-state index < -0.39 is 23.3 Å². The zero-order valence-electron chi connectivity index (χ0n) is 13.7. The molecule has 0 bridgehead atoms. The molecular weight excluding hydrogens is 340 g/mol. The van der Waals surface area contributed by atoms with Crippen molar-refractivity contribution in [2.75, 3.05) is 18.0 Å². The summed E-state index contributed by atoms with van der Waals surface area (Å²) in [6.45, 7) is 1.05. The van der Waals surface area contributed by atoms with Gasteiger partial charge in [0.05, 0.1) is 5.56 Å². The van der Waals surface area contributed by atoms with E-state index in [1.807, 2.05) is 4.90 Å². The van der Waals surface area contributed by atoms with Gasteiger partial charge < -0.3 is 10.2 Å². The number of Topliss-reactive ketones (excluding diaryl/α,β-unsaturated/α-hetero) is 1. The second-order valence-electron chi connectivity index (χ2n) is 5.99. The standard InChI is InChI=1S/C19H15F2N3O2/c20-15-6-5-12(9-16(15)21)19(26)23-13-7-8-24(11-13)17-4-2-1-3-14(17)18(25)10-22/h1-6,9,13H,7-8,11H2,(H,23,26). The number of carbonyl (C=O) groups is 2. The van der Waals surface area contributed by atoms with Crippen molar-refractivity contribution in [3.8, 4) is 6.07 Å². The van der Waals surface area contributed by atoms with E-state index in [1.54, 1.807) is 30.3 Å². The van der Waals surface area contributed by atoms with E-state index in [4.69, 9.17) is 5.26 Å². The molecule has 2 aromatic carbocycles. The van der Waals surface area contributed by atoms with E-state index in [2.05, 4.69) is 5.32 Å². The predicted molar refractivity (Wildman–Crippen MR) is 90.8 cm³/mol. The van der Waals surface area contributed by atoms with Crippen LogP contribution in [0.5, 0.6) is 0 Å². The highest BCUT2D eigenvalue weighted by atomic mass is 19.2. The minimum Gasteiger partial charge on any atom is -0.369 e. The minimum atomic E-state index is -1.07. The number of halogens is 2. The SMILES string of the molecule is N#CC(=O)c1ccccc1N1CCC(NC(=O)c2ccc(F)c(F)c2)C1. The summed E-state index contributed by atoms with van der Waals surface area (Å²) in [5.74, 6) is -3.19. The number of benzene rings is 2. The Balaban J connectivity index is 1.70. The van der Waals surface area contributed by atoms with Gasteiger partial charge in [-0.2, -0.15) is 5.26 Å². The first-order valence-corrected chi connectivity index (χ1v) is 8.04. The summed E-state index contributed by atoms with van der Waals surface area (Å²) >= 11 is 0. The van der Waals surface area contributed by atoms with Gasteiger partial charge in [-0.3, -0.25) is 9.59 Å². The molecule has 0 aliphatic carbocycles. The van der Waals surface area contributed by atoms with Crippen molar-refractivity contribution < 1.29 is 18.4 Å². The van der Waals surface area contributed by atoms with Crippen LogP contribution in [0.25, 0.3) is 0 Å². The lowest BCUT2D eigenvalue weighted by Gasteiger charge is -2.21. The van der Waals surface area contributed by atoms with Crippen LogP contribution in [0.3, 0.4) is 0 Å². The van der Waals surface area contributed by atoms with Gasteiger partial charge in [-0.15, -0.1) is 0 Å². The second kappa shape index (κ2) is 7.31. The summed E-state index contributed by atoms with van der Waals surface area (Å²) in [5.41, 5.74) is 1.01. The highest BCUT2D eigenvalue weighted by molar-refractivity contribution is 6.11. The fraction of sp³-hybridized carbons (Fsp3) is 0.211. The largest absolute Gasteiger partial charge is 0.369 e. The molecule has 1 atom stereocenters. The Bertz CT molecular complexity index is 908. The summed E-state index contributed by atoms with van der Waals surface area (Å²) in [6.07, 6.45) is 0.629. The van der Waals surface area contributed by atoms with Gasteiger partial charge in [0.2, 0.25) is 0 Å². The monoisotopic (exact) mass is 355 g/mol. The van der Waals surface area contributed by atoms with Crippen LogP contribution in [0.2, 0.25) is 0 Å². The highest BCUT2D eigenvalue weighted by Gasteiger charge is 2.27. The summed E-state index contributed by atoms with van der Waals surface area (Å²) < 4.78 is 26.2. The van der Waals surface area contributed by atoms with Crippen LogP contribution >= 0.6 is 0 Å². The Morgan fingerprint density at radius 1 is 1.15 bits per heavy atom. The topological polar surface area (TPSA) is 73.2 Å². The zero-order chi connectivity index (χ0) is 18.7. The zero-order valence-corrected chi connectivity index (χ0v) is 13.7. The molecule has 1 N–H and O–H groups in total. The number of nitriles is 1. The summed E-state index contributed by atoms with van der Waals surface area (Å²) in [7, 11) is 0. The van der Waals surface area contributed by atoms with Gasteiger partial charge in [-0.25, -0.2) is 8.78 Å². The van der Waals surface area contributed by atoms with E-state index in [0.29, 0.717) is 30.8 Å². The number of para-hydroxylation sites is 1. The van der Waals surface area contributed by atoms with Crippen molar-refractivity contribution in [2.24, 2.45) is 0 Å². The Labute approximate surface area is 148 Å². The molecule has 1 unspecified atom stereocenters. The molecule has 3 rings (SSSR count). The molecule has 1 fully saturated rings. The van der Waals surface area contributed by atoms with Crippen LogP contribution in [-0.2, 0) is 0 Å². The van der Waals surface area contributed by atoms with Crippen molar-refractivity contribution in [1.29, 1.82) is 5.26 Å². The Hall–Kier alpha value is -3.27. The molecule has 2 aromatic rings. The molecule has 132 valence electrons. The molecule has 1 aliphatic heterocycles. The second-order valence-corrected chi connectivity index (χ2v) is 5.99. The molecule has 0 spiro atoms. The number of ketones is 1. The molecule has 26 heavy (non-hydrogen) atoms. The van der Waals surface area contributed by atoms with Crippen LogP contribution in [0.4, 0.5) is 14.5 Å². The number of amides is 1. The molecule has 0 aromatic heterocycles. The van der Waals surface area contributed by atoms with Gasteiger partial charge in [-0.1, -0.05) is 12.1 Å². The molecule has 1 aliphatic rings. The molecular formula is C19H15F2N3O2. The molecule has 0 radical (unpaired) electrons. The molecule has 1 heterocycles. The van der Waals surface area contributed by atoms with Crippen LogP contribution in [0.15, 0.2) is 42.5 Å². The third-order valence-corrected chi connectivity index (χ3v) is 4.30.